The Morgan fingerprint density at radius 1 is 1.07 bits per heavy atom. The van der Waals surface area contributed by atoms with E-state index in [9.17, 15) is 14.0 Å². The minimum Gasteiger partial charge on any atom is -0.491 e. The van der Waals surface area contributed by atoms with Gasteiger partial charge < -0.3 is 19.2 Å². The highest BCUT2D eigenvalue weighted by atomic mass is 19.1. The monoisotopic (exact) mass is 583 g/mol. The van der Waals surface area contributed by atoms with Crippen molar-refractivity contribution in [2.24, 2.45) is 0 Å². The van der Waals surface area contributed by atoms with Crippen molar-refractivity contribution in [3.63, 3.8) is 0 Å². The number of carbonyl (C=O) groups is 4. The first-order valence-corrected chi connectivity index (χ1v) is 13.9. The SMILES string of the molecule is C=O.C=O.CC.CC(C)Oc1cccc(C[NH+]2CCC3(CC2)C(=O)NC(=O)N3c2cc(F)ccc2C#CCN(C)C)c1. The molecule has 0 saturated carbocycles. The molecular weight excluding hydrogens is 539 g/mol. The quantitative estimate of drug-likeness (QED) is 0.401. The number of rotatable bonds is 6. The fourth-order valence-corrected chi connectivity index (χ4v) is 4.93. The van der Waals surface area contributed by atoms with Crippen LogP contribution in [0.15, 0.2) is 42.5 Å². The second kappa shape index (κ2) is 17.7. The molecule has 0 unspecified atom stereocenters. The number of benzene rings is 2. The summed E-state index contributed by atoms with van der Waals surface area (Å²) in [6.45, 7) is 14.7. The van der Waals surface area contributed by atoms with Crippen LogP contribution < -0.4 is 19.9 Å². The molecule has 1 spiro atoms. The number of amides is 3. The zero-order valence-electron chi connectivity index (χ0n) is 25.6. The molecule has 10 heteroatoms. The van der Waals surface area contributed by atoms with Crippen molar-refractivity contribution < 1.29 is 33.2 Å². The van der Waals surface area contributed by atoms with Crippen molar-refractivity contribution in [1.82, 2.24) is 10.2 Å². The number of hydrogen-bond acceptors (Lipinski definition) is 6. The molecular formula is C32H44FN4O5+. The highest BCUT2D eigenvalue weighted by Crippen LogP contribution is 2.37. The first-order valence-electron chi connectivity index (χ1n) is 13.9. The summed E-state index contributed by atoms with van der Waals surface area (Å²) in [6, 6.07) is 11.8. The van der Waals surface area contributed by atoms with Crippen molar-refractivity contribution >= 4 is 31.2 Å². The lowest BCUT2D eigenvalue weighted by Crippen LogP contribution is -3.12. The van der Waals surface area contributed by atoms with Gasteiger partial charge in [0.25, 0.3) is 5.91 Å². The molecule has 2 aliphatic rings. The van der Waals surface area contributed by atoms with Crippen molar-refractivity contribution in [3.8, 4) is 17.6 Å². The summed E-state index contributed by atoms with van der Waals surface area (Å²) in [4.78, 5) is 46.8. The molecule has 228 valence electrons. The number of piperidine rings is 1. The Morgan fingerprint density at radius 3 is 2.31 bits per heavy atom. The van der Waals surface area contributed by atoms with Crippen LogP contribution in [0.5, 0.6) is 5.75 Å². The van der Waals surface area contributed by atoms with Gasteiger partial charge in [-0.2, -0.15) is 0 Å². The number of nitrogens with zero attached hydrogens (tertiary/aromatic N) is 2. The molecule has 2 saturated heterocycles. The lowest BCUT2D eigenvalue weighted by molar-refractivity contribution is -0.919. The van der Waals surface area contributed by atoms with Gasteiger partial charge in [-0.05, 0) is 58.3 Å². The largest absolute Gasteiger partial charge is 0.491 e. The van der Waals surface area contributed by atoms with Gasteiger partial charge >= 0.3 is 6.03 Å². The van der Waals surface area contributed by atoms with Gasteiger partial charge in [0.15, 0.2) is 0 Å². The van der Waals surface area contributed by atoms with Crippen LogP contribution in [-0.4, -0.2) is 75.8 Å². The number of likely N-dealkylation sites (tertiary alicyclic amines) is 1. The fourth-order valence-electron chi connectivity index (χ4n) is 4.93. The fraction of sp³-hybridized carbons (Fsp3) is 0.438. The number of hydrogen-bond donors (Lipinski definition) is 2. The van der Waals surface area contributed by atoms with E-state index in [0.717, 1.165) is 17.9 Å². The van der Waals surface area contributed by atoms with E-state index in [0.29, 0.717) is 43.7 Å². The third-order valence-corrected chi connectivity index (χ3v) is 6.60. The Balaban J connectivity index is 0.00000138. The third kappa shape index (κ3) is 9.23. The number of urea groups is 1. The van der Waals surface area contributed by atoms with Crippen LogP contribution in [0.4, 0.5) is 14.9 Å². The molecule has 4 rings (SSSR count). The Bertz CT molecular complexity index is 1230. The number of carbonyl (C=O) groups excluding carboxylic acids is 4. The molecule has 3 amide bonds. The Hall–Kier alpha value is -4.07. The zero-order chi connectivity index (χ0) is 31.9. The molecule has 42 heavy (non-hydrogen) atoms. The second-order valence-corrected chi connectivity index (χ2v) is 10.1. The van der Waals surface area contributed by atoms with Gasteiger partial charge in [0.1, 0.15) is 37.2 Å². The van der Waals surface area contributed by atoms with Gasteiger partial charge in [-0.15, -0.1) is 0 Å². The standard InChI is InChI=1S/C28H33FN4O3.C2H6.2CH2O/c1-20(2)36-24-9-5-7-21(17-24)19-32-15-12-28(13-16-32)26(34)30-27(35)33(28)25-18-23(29)11-10-22(25)8-6-14-31(3)4;3*1-2/h5,7,9-11,17-18,20H,12-16,19H2,1-4H3,(H,30,34,35);1-2H3;2*1H2/p+1. The summed E-state index contributed by atoms with van der Waals surface area (Å²) in [5.41, 5.74) is 0.979. The van der Waals surface area contributed by atoms with Gasteiger partial charge in [0.2, 0.25) is 0 Å². The summed E-state index contributed by atoms with van der Waals surface area (Å²) in [5.74, 6) is 6.15. The van der Waals surface area contributed by atoms with E-state index in [1.54, 1.807) is 6.07 Å². The van der Waals surface area contributed by atoms with Crippen LogP contribution in [0.25, 0.3) is 0 Å². The van der Waals surface area contributed by atoms with Crippen LogP contribution in [0.2, 0.25) is 0 Å². The summed E-state index contributed by atoms with van der Waals surface area (Å²) in [7, 11) is 3.82. The molecule has 9 nitrogen and oxygen atoms in total. The number of halogens is 1. The van der Waals surface area contributed by atoms with E-state index in [-0.39, 0.29) is 12.0 Å². The van der Waals surface area contributed by atoms with E-state index in [2.05, 4.69) is 29.3 Å². The molecule has 0 radical (unpaired) electrons. The maximum absolute atomic E-state index is 14.3. The third-order valence-electron chi connectivity index (χ3n) is 6.60. The Kier molecular flexibility index (Phi) is 15.1. The Labute approximate surface area is 249 Å². The predicted octanol–water partition coefficient (Wildman–Crippen LogP) is 2.86. The van der Waals surface area contributed by atoms with Gasteiger partial charge in [-0.3, -0.25) is 19.9 Å². The maximum Gasteiger partial charge on any atom is 0.329 e. The van der Waals surface area contributed by atoms with Crippen LogP contribution in [0.1, 0.15) is 51.7 Å². The van der Waals surface area contributed by atoms with Crippen LogP contribution in [0, 0.1) is 17.7 Å². The highest BCUT2D eigenvalue weighted by Gasteiger charge is 2.56. The molecule has 2 heterocycles. The number of ether oxygens (including phenoxy) is 1. The molecule has 2 aliphatic heterocycles. The van der Waals surface area contributed by atoms with Gasteiger partial charge in [-0.25, -0.2) is 9.18 Å². The topological polar surface area (TPSA) is 100 Å². The number of nitrogens with one attached hydrogen (secondary N) is 2. The van der Waals surface area contributed by atoms with Crippen molar-refractivity contribution in [1.29, 1.82) is 0 Å². The molecule has 0 atom stereocenters. The average Bonchev–Trinajstić information content (AvgIpc) is 3.21. The van der Waals surface area contributed by atoms with E-state index in [4.69, 9.17) is 14.3 Å². The average molecular weight is 584 g/mol. The first-order chi connectivity index (χ1) is 20.2. The van der Waals surface area contributed by atoms with Gasteiger partial charge in [-0.1, -0.05) is 37.8 Å². The molecule has 0 aromatic heterocycles. The van der Waals surface area contributed by atoms with E-state index < -0.39 is 17.4 Å². The smallest absolute Gasteiger partial charge is 0.329 e. The molecule has 2 fully saturated rings. The van der Waals surface area contributed by atoms with Crippen molar-refractivity contribution in [2.75, 3.05) is 38.6 Å². The minimum atomic E-state index is -1.05. The molecule has 2 aromatic rings. The van der Waals surface area contributed by atoms with E-state index in [1.807, 2.05) is 72.4 Å². The summed E-state index contributed by atoms with van der Waals surface area (Å²) >= 11 is 0. The lowest BCUT2D eigenvalue weighted by Gasteiger charge is -2.40. The normalized spacial score (nSPS) is 18.9. The first kappa shape index (κ1) is 36.0. The second-order valence-electron chi connectivity index (χ2n) is 10.1. The number of imide groups is 1. The predicted molar refractivity (Wildman–Crippen MR) is 162 cm³/mol. The highest BCUT2D eigenvalue weighted by molar-refractivity contribution is 6.17. The lowest BCUT2D eigenvalue weighted by atomic mass is 9.85. The maximum atomic E-state index is 14.3. The number of quaternary nitrogens is 1. The minimum absolute atomic E-state index is 0.104. The molecule has 2 N–H and O–H groups in total. The number of anilines is 1. The summed E-state index contributed by atoms with van der Waals surface area (Å²) in [5, 5.41) is 2.48. The molecule has 0 bridgehead atoms. The van der Waals surface area contributed by atoms with Gasteiger partial charge in [0.05, 0.1) is 31.4 Å². The van der Waals surface area contributed by atoms with Crippen LogP contribution in [0.3, 0.4) is 0 Å². The Morgan fingerprint density at radius 2 is 1.71 bits per heavy atom. The van der Waals surface area contributed by atoms with Crippen LogP contribution in [-0.2, 0) is 20.9 Å². The molecule has 2 aromatic carbocycles. The summed E-state index contributed by atoms with van der Waals surface area (Å²) < 4.78 is 20.2. The van der Waals surface area contributed by atoms with Crippen LogP contribution >= 0.6 is 0 Å². The zero-order valence-corrected chi connectivity index (χ0v) is 25.6. The van der Waals surface area contributed by atoms with Gasteiger partial charge in [0, 0.05) is 24.0 Å². The molecule has 0 aliphatic carbocycles. The summed E-state index contributed by atoms with van der Waals surface area (Å²) in [6.07, 6.45) is 1.05. The van der Waals surface area contributed by atoms with Crippen molar-refractivity contribution in [2.45, 2.75) is 58.7 Å². The van der Waals surface area contributed by atoms with Crippen molar-refractivity contribution in [3.05, 3.63) is 59.4 Å². The van der Waals surface area contributed by atoms with E-state index in [1.165, 1.54) is 21.9 Å². The van der Waals surface area contributed by atoms with E-state index >= 15 is 0 Å².